The first-order chi connectivity index (χ1) is 12.6. The van der Waals surface area contributed by atoms with Crippen LogP contribution in [-0.2, 0) is 16.3 Å². The number of aliphatic imine (C=N–C) groups is 1. The summed E-state index contributed by atoms with van der Waals surface area (Å²) in [5.41, 5.74) is 1.24. The molecule has 152 valence electrons. The highest BCUT2D eigenvalue weighted by Crippen LogP contribution is 2.28. The van der Waals surface area contributed by atoms with Gasteiger partial charge < -0.3 is 15.4 Å². The van der Waals surface area contributed by atoms with E-state index < -0.39 is 9.84 Å². The Hall–Kier alpha value is -1.07. The topological polar surface area (TPSA) is 83.0 Å². The van der Waals surface area contributed by atoms with Crippen LogP contribution in [0.2, 0.25) is 0 Å². The van der Waals surface area contributed by atoms with E-state index in [1.807, 2.05) is 25.1 Å². The van der Waals surface area contributed by atoms with Gasteiger partial charge in [0.2, 0.25) is 0 Å². The molecule has 27 heavy (non-hydrogen) atoms. The quantitative estimate of drug-likeness (QED) is 0.338. The van der Waals surface area contributed by atoms with Gasteiger partial charge in [0.1, 0.15) is 11.9 Å². The number of hydrogen-bond acceptors (Lipinski definition) is 5. The first-order valence-electron chi connectivity index (χ1n) is 9.25. The molecule has 0 aromatic heterocycles. The molecule has 0 saturated carbocycles. The Morgan fingerprint density at radius 2 is 2.00 bits per heavy atom. The van der Waals surface area contributed by atoms with Gasteiger partial charge in [-0.3, -0.25) is 4.90 Å². The minimum atomic E-state index is -2.82. The highest BCUT2D eigenvalue weighted by atomic mass is 127. The van der Waals surface area contributed by atoms with E-state index in [1.54, 1.807) is 0 Å². The first kappa shape index (κ1) is 22.2. The van der Waals surface area contributed by atoms with Crippen LogP contribution in [-0.4, -0.2) is 76.2 Å². The van der Waals surface area contributed by atoms with Gasteiger partial charge in [0.15, 0.2) is 15.8 Å². The molecule has 1 saturated heterocycles. The van der Waals surface area contributed by atoms with Crippen LogP contribution in [0.3, 0.4) is 0 Å². The van der Waals surface area contributed by atoms with Gasteiger partial charge in [0.25, 0.3) is 0 Å². The summed E-state index contributed by atoms with van der Waals surface area (Å²) in [7, 11) is -2.82. The van der Waals surface area contributed by atoms with Crippen LogP contribution < -0.4 is 15.4 Å². The maximum atomic E-state index is 11.5. The van der Waals surface area contributed by atoms with E-state index >= 15 is 0 Å². The lowest BCUT2D eigenvalue weighted by molar-refractivity contribution is 0.241. The number of nitrogens with zero attached hydrogens (tertiary/aromatic N) is 2. The lowest BCUT2D eigenvalue weighted by Gasteiger charge is -2.26. The number of nitrogens with one attached hydrogen (secondary N) is 2. The second kappa shape index (κ2) is 10.5. The summed E-state index contributed by atoms with van der Waals surface area (Å²) >= 11 is 0. The summed E-state index contributed by atoms with van der Waals surface area (Å²) in [6, 6.07) is 8.12. The van der Waals surface area contributed by atoms with Crippen LogP contribution in [0, 0.1) is 0 Å². The molecular weight excluding hydrogens is 479 g/mol. The SMILES string of the molecule is CCNC(=NCC1Cc2ccccc2O1)NCCN1CCS(=O)(=O)CC1.I. The Labute approximate surface area is 178 Å². The Morgan fingerprint density at radius 3 is 2.70 bits per heavy atom. The number of benzene rings is 1. The summed E-state index contributed by atoms with van der Waals surface area (Å²) in [4.78, 5) is 6.81. The molecule has 1 atom stereocenters. The number of sulfone groups is 1. The van der Waals surface area contributed by atoms with Crippen LogP contribution in [0.4, 0.5) is 0 Å². The van der Waals surface area contributed by atoms with Crippen LogP contribution in [0.25, 0.3) is 0 Å². The number of para-hydroxylation sites is 1. The highest BCUT2D eigenvalue weighted by Gasteiger charge is 2.22. The number of hydrogen-bond donors (Lipinski definition) is 2. The van der Waals surface area contributed by atoms with E-state index in [0.717, 1.165) is 37.8 Å². The molecule has 3 rings (SSSR count). The normalized spacial score (nSPS) is 21.7. The van der Waals surface area contributed by atoms with Crippen LogP contribution >= 0.6 is 24.0 Å². The van der Waals surface area contributed by atoms with Gasteiger partial charge in [0.05, 0.1) is 18.1 Å². The Bertz CT molecular complexity index is 703. The first-order valence-corrected chi connectivity index (χ1v) is 11.1. The smallest absolute Gasteiger partial charge is 0.191 e. The standard InChI is InChI=1S/C18H28N4O3S.HI/c1-2-19-18(20-7-8-22-9-11-26(23,24)12-10-22)21-14-16-13-15-5-3-4-6-17(15)25-16;/h3-6,16H,2,7-14H2,1H3,(H2,19,20,21);1H. The van der Waals surface area contributed by atoms with Gasteiger partial charge >= 0.3 is 0 Å². The molecule has 0 radical (unpaired) electrons. The Kier molecular flexibility index (Phi) is 8.62. The van der Waals surface area contributed by atoms with Crippen molar-refractivity contribution in [3.63, 3.8) is 0 Å². The molecule has 0 spiro atoms. The van der Waals surface area contributed by atoms with E-state index in [2.05, 4.69) is 26.6 Å². The van der Waals surface area contributed by atoms with Crippen LogP contribution in [0.1, 0.15) is 12.5 Å². The van der Waals surface area contributed by atoms with Gasteiger partial charge in [-0.1, -0.05) is 18.2 Å². The van der Waals surface area contributed by atoms with Gasteiger partial charge in [-0.2, -0.15) is 0 Å². The summed E-state index contributed by atoms with van der Waals surface area (Å²) in [5.74, 6) is 2.27. The van der Waals surface area contributed by atoms with Gasteiger partial charge in [-0.05, 0) is 18.6 Å². The second-order valence-corrected chi connectivity index (χ2v) is 9.00. The summed E-state index contributed by atoms with van der Waals surface area (Å²) in [6.45, 7) is 6.21. The van der Waals surface area contributed by atoms with Gasteiger partial charge in [0, 0.05) is 39.1 Å². The van der Waals surface area contributed by atoms with Crippen molar-refractivity contribution in [1.82, 2.24) is 15.5 Å². The monoisotopic (exact) mass is 508 g/mol. The second-order valence-electron chi connectivity index (χ2n) is 6.69. The van der Waals surface area contributed by atoms with Crippen molar-refractivity contribution in [2.45, 2.75) is 19.4 Å². The van der Waals surface area contributed by atoms with Crippen molar-refractivity contribution >= 4 is 39.8 Å². The molecule has 0 bridgehead atoms. The lowest BCUT2D eigenvalue weighted by Crippen LogP contribution is -2.46. The fraction of sp³-hybridized carbons (Fsp3) is 0.611. The van der Waals surface area contributed by atoms with Crippen molar-refractivity contribution in [2.75, 3.05) is 50.8 Å². The third-order valence-electron chi connectivity index (χ3n) is 4.67. The van der Waals surface area contributed by atoms with E-state index in [1.165, 1.54) is 5.56 Å². The number of ether oxygens (including phenoxy) is 1. The molecular formula is C18H29IN4O3S. The molecule has 1 fully saturated rings. The third-order valence-corrected chi connectivity index (χ3v) is 6.28. The summed E-state index contributed by atoms with van der Waals surface area (Å²) in [5, 5.41) is 6.57. The molecule has 1 aromatic carbocycles. The number of guanidine groups is 1. The molecule has 9 heteroatoms. The molecule has 2 aliphatic heterocycles. The average Bonchev–Trinajstić information content (AvgIpc) is 3.04. The van der Waals surface area contributed by atoms with Gasteiger partial charge in [-0.25, -0.2) is 13.4 Å². The van der Waals surface area contributed by atoms with Crippen molar-refractivity contribution in [3.8, 4) is 5.75 Å². The highest BCUT2D eigenvalue weighted by molar-refractivity contribution is 14.0. The maximum Gasteiger partial charge on any atom is 0.191 e. The maximum absolute atomic E-state index is 11.5. The predicted octanol–water partition coefficient (Wildman–Crippen LogP) is 0.894. The van der Waals surface area contributed by atoms with E-state index in [9.17, 15) is 8.42 Å². The predicted molar refractivity (Wildman–Crippen MR) is 119 cm³/mol. The molecule has 0 amide bonds. The minimum absolute atomic E-state index is 0. The third kappa shape index (κ3) is 6.79. The van der Waals surface area contributed by atoms with E-state index in [0.29, 0.717) is 19.6 Å². The number of rotatable bonds is 6. The Balaban J connectivity index is 0.00000261. The molecule has 0 aliphatic carbocycles. The fourth-order valence-corrected chi connectivity index (χ4v) is 4.47. The number of halogens is 1. The Morgan fingerprint density at radius 1 is 1.26 bits per heavy atom. The molecule has 1 unspecified atom stereocenters. The fourth-order valence-electron chi connectivity index (χ4n) is 3.20. The molecule has 2 heterocycles. The molecule has 2 N–H and O–H groups in total. The van der Waals surface area contributed by atoms with Crippen molar-refractivity contribution in [1.29, 1.82) is 0 Å². The summed E-state index contributed by atoms with van der Waals surface area (Å²) in [6.07, 6.45) is 0.969. The minimum Gasteiger partial charge on any atom is -0.488 e. The van der Waals surface area contributed by atoms with Crippen LogP contribution in [0.15, 0.2) is 29.3 Å². The molecule has 7 nitrogen and oxygen atoms in total. The van der Waals surface area contributed by atoms with E-state index in [-0.39, 0.29) is 41.6 Å². The molecule has 2 aliphatic rings. The summed E-state index contributed by atoms with van der Waals surface area (Å²) < 4.78 is 28.9. The van der Waals surface area contributed by atoms with Gasteiger partial charge in [-0.15, -0.1) is 24.0 Å². The van der Waals surface area contributed by atoms with Crippen molar-refractivity contribution < 1.29 is 13.2 Å². The van der Waals surface area contributed by atoms with E-state index in [4.69, 9.17) is 4.74 Å². The lowest BCUT2D eigenvalue weighted by atomic mass is 10.1. The average molecular weight is 508 g/mol. The largest absolute Gasteiger partial charge is 0.488 e. The van der Waals surface area contributed by atoms with Crippen LogP contribution in [0.5, 0.6) is 5.75 Å². The zero-order chi connectivity index (χ0) is 18.4. The van der Waals surface area contributed by atoms with Crippen molar-refractivity contribution in [3.05, 3.63) is 29.8 Å². The zero-order valence-electron chi connectivity index (χ0n) is 15.7. The van der Waals surface area contributed by atoms with Crippen molar-refractivity contribution in [2.24, 2.45) is 4.99 Å². The molecule has 1 aromatic rings. The zero-order valence-corrected chi connectivity index (χ0v) is 18.8. The number of fused-ring (bicyclic) bond motifs is 1.